The van der Waals surface area contributed by atoms with Gasteiger partial charge in [0.1, 0.15) is 6.10 Å². The van der Waals surface area contributed by atoms with E-state index in [-0.39, 0.29) is 18.0 Å². The van der Waals surface area contributed by atoms with Crippen molar-refractivity contribution in [3.05, 3.63) is 0 Å². The molecule has 0 aromatic heterocycles. The molecule has 0 aromatic rings. The average Bonchev–Trinajstić information content (AvgIpc) is 2.98. The summed E-state index contributed by atoms with van der Waals surface area (Å²) in [5.41, 5.74) is 0. The summed E-state index contributed by atoms with van der Waals surface area (Å²) < 4.78 is 5.86. The Balaban J connectivity index is 1.44. The predicted molar refractivity (Wildman–Crippen MR) is 73.4 cm³/mol. The van der Waals surface area contributed by atoms with E-state index in [2.05, 4.69) is 6.92 Å². The minimum Gasteiger partial charge on any atom is -0.462 e. The Morgan fingerprint density at radius 1 is 1.11 bits per heavy atom. The molecular weight excluding hydrogens is 236 g/mol. The zero-order valence-corrected chi connectivity index (χ0v) is 12.2. The van der Waals surface area contributed by atoms with Crippen LogP contribution >= 0.6 is 0 Å². The summed E-state index contributed by atoms with van der Waals surface area (Å²) in [5, 5.41) is 0. The SMILES string of the molecule is CCC(C)C(=O)OC1CC2CC1C1CC3CCC3C21. The maximum atomic E-state index is 12.0. The molecule has 0 N–H and O–H groups in total. The van der Waals surface area contributed by atoms with Crippen molar-refractivity contribution < 1.29 is 9.53 Å². The van der Waals surface area contributed by atoms with Crippen LogP contribution in [0.2, 0.25) is 0 Å². The molecule has 2 bridgehead atoms. The fourth-order valence-corrected chi connectivity index (χ4v) is 5.78. The van der Waals surface area contributed by atoms with Crippen LogP contribution in [0.1, 0.15) is 52.4 Å². The van der Waals surface area contributed by atoms with Crippen molar-refractivity contribution in [1.82, 2.24) is 0 Å². The predicted octanol–water partition coefficient (Wildman–Crippen LogP) is 3.65. The fourth-order valence-electron chi connectivity index (χ4n) is 5.78. The number of carbonyl (C=O) groups is 1. The second-order valence-corrected chi connectivity index (χ2v) is 7.66. The smallest absolute Gasteiger partial charge is 0.308 e. The van der Waals surface area contributed by atoms with Crippen molar-refractivity contribution >= 4 is 5.97 Å². The lowest BCUT2D eigenvalue weighted by Gasteiger charge is -2.38. The molecule has 106 valence electrons. The van der Waals surface area contributed by atoms with Crippen molar-refractivity contribution in [2.75, 3.05) is 0 Å². The summed E-state index contributed by atoms with van der Waals surface area (Å²) in [7, 11) is 0. The molecule has 19 heavy (non-hydrogen) atoms. The van der Waals surface area contributed by atoms with Crippen LogP contribution < -0.4 is 0 Å². The topological polar surface area (TPSA) is 26.3 Å². The van der Waals surface area contributed by atoms with E-state index in [9.17, 15) is 4.79 Å². The van der Waals surface area contributed by atoms with Crippen molar-refractivity contribution in [2.24, 2.45) is 41.4 Å². The summed E-state index contributed by atoms with van der Waals surface area (Å²) in [6, 6.07) is 0. The first-order valence-electron chi connectivity index (χ1n) is 8.39. The molecule has 4 aliphatic rings. The molecule has 0 spiro atoms. The van der Waals surface area contributed by atoms with Crippen LogP contribution in [0.4, 0.5) is 0 Å². The van der Waals surface area contributed by atoms with Crippen molar-refractivity contribution in [3.8, 4) is 0 Å². The highest BCUT2D eigenvalue weighted by molar-refractivity contribution is 5.72. The van der Waals surface area contributed by atoms with E-state index >= 15 is 0 Å². The van der Waals surface area contributed by atoms with Gasteiger partial charge in [-0.25, -0.2) is 0 Å². The highest BCUT2D eigenvalue weighted by atomic mass is 16.5. The lowest BCUT2D eigenvalue weighted by Crippen LogP contribution is -2.35. The van der Waals surface area contributed by atoms with Gasteiger partial charge in [0.25, 0.3) is 0 Å². The maximum Gasteiger partial charge on any atom is 0.308 e. The van der Waals surface area contributed by atoms with E-state index < -0.39 is 0 Å². The minimum absolute atomic E-state index is 0.0533. The third kappa shape index (κ3) is 1.64. The molecule has 4 aliphatic carbocycles. The minimum atomic E-state index is 0.0533. The molecule has 0 aliphatic heterocycles. The summed E-state index contributed by atoms with van der Waals surface area (Å²) in [6.07, 6.45) is 8.13. The molecule has 2 nitrogen and oxygen atoms in total. The molecule has 4 fully saturated rings. The second kappa shape index (κ2) is 4.23. The van der Waals surface area contributed by atoms with Gasteiger partial charge < -0.3 is 4.74 Å². The highest BCUT2D eigenvalue weighted by Crippen LogP contribution is 2.67. The molecule has 0 radical (unpaired) electrons. The van der Waals surface area contributed by atoms with Crippen LogP contribution in [0.15, 0.2) is 0 Å². The van der Waals surface area contributed by atoms with Crippen LogP contribution in [-0.4, -0.2) is 12.1 Å². The van der Waals surface area contributed by atoms with Gasteiger partial charge in [-0.15, -0.1) is 0 Å². The zero-order valence-electron chi connectivity index (χ0n) is 12.2. The largest absolute Gasteiger partial charge is 0.462 e. The molecule has 4 saturated carbocycles. The third-order valence-corrected chi connectivity index (χ3v) is 7.00. The van der Waals surface area contributed by atoms with Crippen LogP contribution in [0.5, 0.6) is 0 Å². The first-order valence-corrected chi connectivity index (χ1v) is 8.39. The van der Waals surface area contributed by atoms with Crippen LogP contribution in [0.25, 0.3) is 0 Å². The van der Waals surface area contributed by atoms with E-state index in [0.29, 0.717) is 5.92 Å². The van der Waals surface area contributed by atoms with E-state index in [1.807, 2.05) is 6.92 Å². The van der Waals surface area contributed by atoms with Gasteiger partial charge in [-0.05, 0) is 74.0 Å². The Morgan fingerprint density at radius 2 is 1.89 bits per heavy atom. The number of fused-ring (bicyclic) bond motifs is 7. The van der Waals surface area contributed by atoms with E-state index in [0.717, 1.165) is 36.0 Å². The third-order valence-electron chi connectivity index (χ3n) is 7.00. The Hall–Kier alpha value is -0.530. The highest BCUT2D eigenvalue weighted by Gasteiger charge is 2.62. The first kappa shape index (κ1) is 12.2. The zero-order chi connectivity index (χ0) is 13.1. The van der Waals surface area contributed by atoms with Crippen molar-refractivity contribution in [2.45, 2.75) is 58.5 Å². The number of rotatable bonds is 3. The number of hydrogen-bond donors (Lipinski definition) is 0. The second-order valence-electron chi connectivity index (χ2n) is 7.66. The molecule has 2 heteroatoms. The van der Waals surface area contributed by atoms with Crippen LogP contribution in [0, 0.1) is 41.4 Å². The molecule has 8 atom stereocenters. The quantitative estimate of drug-likeness (QED) is 0.726. The summed E-state index contributed by atoms with van der Waals surface area (Å²) in [6.45, 7) is 4.06. The number of esters is 1. The van der Waals surface area contributed by atoms with Gasteiger partial charge in [0.2, 0.25) is 0 Å². The summed E-state index contributed by atoms with van der Waals surface area (Å²) >= 11 is 0. The first-order chi connectivity index (χ1) is 9.19. The fraction of sp³-hybridized carbons (Fsp3) is 0.941. The molecular formula is C17H26O2. The van der Waals surface area contributed by atoms with Crippen molar-refractivity contribution in [3.63, 3.8) is 0 Å². The maximum absolute atomic E-state index is 12.0. The standard InChI is InChI=1S/C17H26O2/c1-3-9(2)17(18)19-15-8-11-7-13(15)14-6-10-4-5-12(10)16(11)14/h9-16H,3-8H2,1-2H3. The monoisotopic (exact) mass is 262 g/mol. The number of ether oxygens (including phenoxy) is 1. The molecule has 0 saturated heterocycles. The van der Waals surface area contributed by atoms with Crippen LogP contribution in [-0.2, 0) is 9.53 Å². The van der Waals surface area contributed by atoms with Gasteiger partial charge in [0.15, 0.2) is 0 Å². The Labute approximate surface area is 116 Å². The van der Waals surface area contributed by atoms with Crippen LogP contribution in [0.3, 0.4) is 0 Å². The molecule has 0 aromatic carbocycles. The normalized spacial score (nSPS) is 51.4. The lowest BCUT2D eigenvalue weighted by atomic mass is 9.68. The Morgan fingerprint density at radius 3 is 2.58 bits per heavy atom. The van der Waals surface area contributed by atoms with E-state index in [4.69, 9.17) is 4.74 Å². The molecule has 0 heterocycles. The van der Waals surface area contributed by atoms with Gasteiger partial charge in [-0.2, -0.15) is 0 Å². The summed E-state index contributed by atoms with van der Waals surface area (Å²) in [5.74, 6) is 5.77. The average molecular weight is 262 g/mol. The number of hydrogen-bond acceptors (Lipinski definition) is 2. The summed E-state index contributed by atoms with van der Waals surface area (Å²) in [4.78, 5) is 12.0. The Bertz CT molecular complexity index is 391. The van der Waals surface area contributed by atoms with E-state index in [1.165, 1.54) is 32.1 Å². The van der Waals surface area contributed by atoms with Gasteiger partial charge in [-0.1, -0.05) is 13.8 Å². The van der Waals surface area contributed by atoms with Gasteiger partial charge >= 0.3 is 5.97 Å². The van der Waals surface area contributed by atoms with Gasteiger partial charge in [-0.3, -0.25) is 4.79 Å². The molecule has 8 unspecified atom stereocenters. The van der Waals surface area contributed by atoms with Gasteiger partial charge in [0.05, 0.1) is 5.92 Å². The van der Waals surface area contributed by atoms with E-state index in [1.54, 1.807) is 0 Å². The lowest BCUT2D eigenvalue weighted by molar-refractivity contribution is -0.157. The number of carbonyl (C=O) groups excluding carboxylic acids is 1. The molecule has 4 rings (SSSR count). The van der Waals surface area contributed by atoms with Gasteiger partial charge in [0, 0.05) is 0 Å². The van der Waals surface area contributed by atoms with Crippen molar-refractivity contribution in [1.29, 1.82) is 0 Å². The molecule has 0 amide bonds. The Kier molecular flexibility index (Phi) is 2.72.